The largest absolute Gasteiger partial charge is 0.497 e. The molecular formula is C29H34N4O4. The van der Waals surface area contributed by atoms with Crippen LogP contribution in [0.15, 0.2) is 67.1 Å². The standard InChI is InChI=1S/C29H34N4O4/c1-3-37-24-14-12-22(13-15-24)27(28(34)32-23-9-5-4-6-10-23)33(29(35)26-19-30-16-17-31-26)20-21-8-7-11-25(18-21)36-2/h7-8,11-19,23,27H,3-6,9-10,20H2,1-2H3,(H,32,34). The molecular weight excluding hydrogens is 468 g/mol. The molecule has 3 aromatic rings. The van der Waals surface area contributed by atoms with Gasteiger partial charge in [-0.2, -0.15) is 0 Å². The van der Waals surface area contributed by atoms with Gasteiger partial charge in [-0.05, 0) is 55.2 Å². The van der Waals surface area contributed by atoms with Crippen LogP contribution >= 0.6 is 0 Å². The Kier molecular flexibility index (Phi) is 9.08. The van der Waals surface area contributed by atoms with Crippen LogP contribution in [0.1, 0.15) is 66.7 Å². The van der Waals surface area contributed by atoms with E-state index in [1.165, 1.54) is 25.0 Å². The summed E-state index contributed by atoms with van der Waals surface area (Å²) in [4.78, 5) is 37.7. The lowest BCUT2D eigenvalue weighted by molar-refractivity contribution is -0.127. The third-order valence-corrected chi connectivity index (χ3v) is 6.55. The maximum absolute atomic E-state index is 13.9. The molecule has 1 fully saturated rings. The van der Waals surface area contributed by atoms with Gasteiger partial charge in [0.2, 0.25) is 5.91 Å². The SMILES string of the molecule is CCOc1ccc(C(C(=O)NC2CCCCC2)N(Cc2cccc(OC)c2)C(=O)c2cnccn2)cc1. The molecule has 0 radical (unpaired) electrons. The smallest absolute Gasteiger partial charge is 0.275 e. The molecule has 8 nitrogen and oxygen atoms in total. The number of aromatic nitrogens is 2. The monoisotopic (exact) mass is 502 g/mol. The number of hydrogen-bond donors (Lipinski definition) is 1. The fourth-order valence-electron chi connectivity index (χ4n) is 4.72. The Morgan fingerprint density at radius 1 is 1.05 bits per heavy atom. The van der Waals surface area contributed by atoms with Gasteiger partial charge in [0.05, 0.1) is 19.9 Å². The summed E-state index contributed by atoms with van der Waals surface area (Å²) in [5, 5.41) is 3.23. The van der Waals surface area contributed by atoms with Gasteiger partial charge in [0.1, 0.15) is 23.2 Å². The second kappa shape index (κ2) is 12.9. The number of benzene rings is 2. The van der Waals surface area contributed by atoms with Crippen LogP contribution in [0, 0.1) is 0 Å². The number of ether oxygens (including phenoxy) is 2. The van der Waals surface area contributed by atoms with Crippen LogP contribution in [0.3, 0.4) is 0 Å². The Hall–Kier alpha value is -3.94. The van der Waals surface area contributed by atoms with Crippen molar-refractivity contribution in [1.29, 1.82) is 0 Å². The van der Waals surface area contributed by atoms with Gasteiger partial charge >= 0.3 is 0 Å². The van der Waals surface area contributed by atoms with Gasteiger partial charge in [-0.25, -0.2) is 4.98 Å². The summed E-state index contributed by atoms with van der Waals surface area (Å²) in [7, 11) is 1.60. The number of nitrogens with zero attached hydrogens (tertiary/aromatic N) is 3. The zero-order valence-corrected chi connectivity index (χ0v) is 21.4. The fourth-order valence-corrected chi connectivity index (χ4v) is 4.72. The Balaban J connectivity index is 1.74. The third kappa shape index (κ3) is 6.84. The predicted octanol–water partition coefficient (Wildman–Crippen LogP) is 4.72. The molecule has 1 aliphatic carbocycles. The Morgan fingerprint density at radius 3 is 2.51 bits per heavy atom. The van der Waals surface area contributed by atoms with Crippen LogP contribution in [-0.2, 0) is 11.3 Å². The Labute approximate surface area is 218 Å². The summed E-state index contributed by atoms with van der Waals surface area (Å²) in [6.07, 6.45) is 9.66. The lowest BCUT2D eigenvalue weighted by Crippen LogP contribution is -2.47. The second-order valence-corrected chi connectivity index (χ2v) is 9.12. The topological polar surface area (TPSA) is 93.7 Å². The van der Waals surface area contributed by atoms with E-state index in [9.17, 15) is 9.59 Å². The fraction of sp³-hybridized carbons (Fsp3) is 0.379. The average Bonchev–Trinajstić information content (AvgIpc) is 2.94. The van der Waals surface area contributed by atoms with Crippen molar-refractivity contribution in [2.75, 3.05) is 13.7 Å². The zero-order valence-electron chi connectivity index (χ0n) is 21.4. The van der Waals surface area contributed by atoms with Crippen molar-refractivity contribution in [3.8, 4) is 11.5 Å². The van der Waals surface area contributed by atoms with Crippen molar-refractivity contribution in [3.63, 3.8) is 0 Å². The molecule has 0 bridgehead atoms. The van der Waals surface area contributed by atoms with E-state index < -0.39 is 6.04 Å². The van der Waals surface area contributed by atoms with Gasteiger partial charge in [-0.1, -0.05) is 43.5 Å². The Bertz CT molecular complexity index is 1160. The molecule has 1 aliphatic rings. The molecule has 1 unspecified atom stereocenters. The van der Waals surface area contributed by atoms with Crippen LogP contribution in [0.25, 0.3) is 0 Å². The van der Waals surface area contributed by atoms with E-state index in [1.54, 1.807) is 12.0 Å². The summed E-state index contributed by atoms with van der Waals surface area (Å²) in [5.74, 6) is 0.788. The average molecular weight is 503 g/mol. The molecule has 4 rings (SSSR count). The minimum atomic E-state index is -0.877. The highest BCUT2D eigenvalue weighted by Gasteiger charge is 2.34. The normalized spacial score (nSPS) is 14.4. The molecule has 2 amide bonds. The van der Waals surface area contributed by atoms with E-state index in [0.29, 0.717) is 23.7 Å². The number of methoxy groups -OCH3 is 1. The van der Waals surface area contributed by atoms with E-state index in [-0.39, 0.29) is 30.1 Å². The number of carbonyl (C=O) groups excluding carboxylic acids is 2. The number of nitrogens with one attached hydrogen (secondary N) is 1. The third-order valence-electron chi connectivity index (χ3n) is 6.55. The van der Waals surface area contributed by atoms with Crippen molar-refractivity contribution < 1.29 is 19.1 Å². The number of amides is 2. The first-order chi connectivity index (χ1) is 18.1. The van der Waals surface area contributed by atoms with Crippen LogP contribution in [0.4, 0.5) is 0 Å². The minimum absolute atomic E-state index is 0.0942. The summed E-state index contributed by atoms with van der Waals surface area (Å²) in [6, 6.07) is 14.1. The highest BCUT2D eigenvalue weighted by atomic mass is 16.5. The van der Waals surface area contributed by atoms with E-state index in [2.05, 4.69) is 15.3 Å². The molecule has 194 valence electrons. The first-order valence-electron chi connectivity index (χ1n) is 12.8. The molecule has 1 saturated carbocycles. The molecule has 37 heavy (non-hydrogen) atoms. The van der Waals surface area contributed by atoms with Gasteiger partial charge < -0.3 is 19.7 Å². The van der Waals surface area contributed by atoms with Crippen molar-refractivity contribution >= 4 is 11.8 Å². The van der Waals surface area contributed by atoms with Gasteiger partial charge in [-0.15, -0.1) is 0 Å². The molecule has 1 atom stereocenters. The second-order valence-electron chi connectivity index (χ2n) is 9.12. The molecule has 1 aromatic heterocycles. The Morgan fingerprint density at radius 2 is 1.84 bits per heavy atom. The lowest BCUT2D eigenvalue weighted by atomic mass is 9.94. The highest BCUT2D eigenvalue weighted by molar-refractivity contribution is 5.96. The van der Waals surface area contributed by atoms with E-state index in [1.807, 2.05) is 55.5 Å². The highest BCUT2D eigenvalue weighted by Crippen LogP contribution is 2.29. The number of carbonyl (C=O) groups is 2. The van der Waals surface area contributed by atoms with Gasteiger partial charge in [0.25, 0.3) is 5.91 Å². The first kappa shape index (κ1) is 26.1. The van der Waals surface area contributed by atoms with Crippen LogP contribution < -0.4 is 14.8 Å². The molecule has 2 aromatic carbocycles. The molecule has 0 spiro atoms. The van der Waals surface area contributed by atoms with E-state index >= 15 is 0 Å². The van der Waals surface area contributed by atoms with Gasteiger partial charge in [0.15, 0.2) is 0 Å². The summed E-state index contributed by atoms with van der Waals surface area (Å²) >= 11 is 0. The lowest BCUT2D eigenvalue weighted by Gasteiger charge is -2.33. The zero-order chi connectivity index (χ0) is 26.0. The molecule has 0 aliphatic heterocycles. The quantitative estimate of drug-likeness (QED) is 0.431. The summed E-state index contributed by atoms with van der Waals surface area (Å²) < 4.78 is 11.0. The van der Waals surface area contributed by atoms with Gasteiger partial charge in [-0.3, -0.25) is 14.6 Å². The number of hydrogen-bond acceptors (Lipinski definition) is 6. The van der Waals surface area contributed by atoms with Crippen LogP contribution in [-0.4, -0.2) is 46.4 Å². The summed E-state index contributed by atoms with van der Waals surface area (Å²) in [6.45, 7) is 2.64. The molecule has 8 heteroatoms. The number of rotatable bonds is 10. The maximum Gasteiger partial charge on any atom is 0.275 e. The minimum Gasteiger partial charge on any atom is -0.497 e. The molecule has 1 N–H and O–H groups in total. The molecule has 1 heterocycles. The van der Waals surface area contributed by atoms with Crippen LogP contribution in [0.5, 0.6) is 11.5 Å². The van der Waals surface area contributed by atoms with Crippen molar-refractivity contribution in [3.05, 3.63) is 83.9 Å². The van der Waals surface area contributed by atoms with E-state index in [0.717, 1.165) is 31.2 Å². The maximum atomic E-state index is 13.9. The van der Waals surface area contributed by atoms with Crippen molar-refractivity contribution in [2.45, 2.75) is 57.7 Å². The predicted molar refractivity (Wildman–Crippen MR) is 140 cm³/mol. The van der Waals surface area contributed by atoms with Crippen LogP contribution in [0.2, 0.25) is 0 Å². The van der Waals surface area contributed by atoms with E-state index in [4.69, 9.17) is 9.47 Å². The first-order valence-corrected chi connectivity index (χ1v) is 12.8. The van der Waals surface area contributed by atoms with Crippen molar-refractivity contribution in [2.24, 2.45) is 0 Å². The summed E-state index contributed by atoms with van der Waals surface area (Å²) in [5.41, 5.74) is 1.70. The molecule has 0 saturated heterocycles. The van der Waals surface area contributed by atoms with Gasteiger partial charge in [0, 0.05) is 25.0 Å². The van der Waals surface area contributed by atoms with Crippen molar-refractivity contribution in [1.82, 2.24) is 20.2 Å².